The predicted octanol–water partition coefficient (Wildman–Crippen LogP) is 1.70. The number of sulfone groups is 1. The minimum Gasteiger partial charge on any atom is -0.312 e. The lowest BCUT2D eigenvalue weighted by Crippen LogP contribution is -2.17. The van der Waals surface area contributed by atoms with Gasteiger partial charge >= 0.3 is 0 Å². The summed E-state index contributed by atoms with van der Waals surface area (Å²) in [7, 11) is -2.92. The molecule has 1 saturated heterocycles. The molecule has 0 aromatic carbocycles. The van der Waals surface area contributed by atoms with Crippen LogP contribution >= 0.6 is 11.6 Å². The average Bonchev–Trinajstić information content (AvgIpc) is 3.07. The van der Waals surface area contributed by atoms with Crippen LogP contribution in [0.2, 0.25) is 5.15 Å². The number of rotatable bonds is 5. The molecule has 1 aliphatic carbocycles. The number of aryl methyl sites for hydroxylation is 1. The molecule has 0 spiro atoms. The summed E-state index contributed by atoms with van der Waals surface area (Å²) in [4.78, 5) is 0. The number of hydrogen-bond acceptors (Lipinski definition) is 4. The van der Waals surface area contributed by atoms with Gasteiger partial charge in [0.1, 0.15) is 5.15 Å². The Bertz CT molecular complexity index is 607. The first kappa shape index (κ1) is 14.4. The fourth-order valence-corrected chi connectivity index (χ4v) is 4.76. The standard InChI is InChI=1S/C13H20ClN3O2S/c1-9-12(7-15-6-10-2-3-10)13(14)17(16-9)11-4-5-20(18,19)8-11/h10-11,15H,2-8H2,1H3. The van der Waals surface area contributed by atoms with E-state index in [9.17, 15) is 8.42 Å². The van der Waals surface area contributed by atoms with Gasteiger partial charge in [0.05, 0.1) is 23.2 Å². The SMILES string of the molecule is Cc1nn(C2CCS(=O)(=O)C2)c(Cl)c1CNCC1CC1. The molecule has 0 bridgehead atoms. The third-order valence-corrected chi connectivity index (χ3v) is 6.28. The van der Waals surface area contributed by atoms with Crippen molar-refractivity contribution in [2.45, 2.75) is 38.8 Å². The smallest absolute Gasteiger partial charge is 0.152 e. The molecule has 0 radical (unpaired) electrons. The Morgan fingerprint density at radius 2 is 2.15 bits per heavy atom. The highest BCUT2D eigenvalue weighted by molar-refractivity contribution is 7.91. The monoisotopic (exact) mass is 317 g/mol. The molecular formula is C13H20ClN3O2S. The normalized spacial score (nSPS) is 25.2. The number of halogens is 1. The highest BCUT2D eigenvalue weighted by atomic mass is 35.5. The van der Waals surface area contributed by atoms with Crippen LogP contribution in [0.5, 0.6) is 0 Å². The Morgan fingerprint density at radius 3 is 2.75 bits per heavy atom. The van der Waals surface area contributed by atoms with Gasteiger partial charge in [-0.25, -0.2) is 13.1 Å². The fraction of sp³-hybridized carbons (Fsp3) is 0.769. The van der Waals surface area contributed by atoms with Crippen LogP contribution in [0.15, 0.2) is 0 Å². The highest BCUT2D eigenvalue weighted by Gasteiger charge is 2.32. The van der Waals surface area contributed by atoms with Crippen LogP contribution in [0.25, 0.3) is 0 Å². The second kappa shape index (κ2) is 5.31. The first-order valence-corrected chi connectivity index (χ1v) is 9.31. The maximum absolute atomic E-state index is 11.6. The van der Waals surface area contributed by atoms with Crippen molar-refractivity contribution in [1.29, 1.82) is 0 Å². The average molecular weight is 318 g/mol. The van der Waals surface area contributed by atoms with Crippen LogP contribution in [-0.2, 0) is 16.4 Å². The minimum absolute atomic E-state index is 0.108. The molecule has 1 aromatic rings. The second-order valence-corrected chi connectivity index (χ2v) is 8.52. The number of hydrogen-bond donors (Lipinski definition) is 1. The van der Waals surface area contributed by atoms with Crippen LogP contribution in [0.1, 0.15) is 36.6 Å². The van der Waals surface area contributed by atoms with E-state index in [1.165, 1.54) is 12.8 Å². The molecule has 1 atom stereocenters. The van der Waals surface area contributed by atoms with E-state index in [4.69, 9.17) is 11.6 Å². The van der Waals surface area contributed by atoms with E-state index in [2.05, 4.69) is 10.4 Å². The summed E-state index contributed by atoms with van der Waals surface area (Å²) < 4.78 is 24.9. The van der Waals surface area contributed by atoms with Crippen molar-refractivity contribution >= 4 is 21.4 Å². The van der Waals surface area contributed by atoms with E-state index in [0.717, 1.165) is 23.7 Å². The van der Waals surface area contributed by atoms with Crippen molar-refractivity contribution in [2.24, 2.45) is 5.92 Å². The third kappa shape index (κ3) is 3.02. The molecule has 7 heteroatoms. The van der Waals surface area contributed by atoms with E-state index in [1.807, 2.05) is 6.92 Å². The van der Waals surface area contributed by atoms with E-state index >= 15 is 0 Å². The predicted molar refractivity (Wildman–Crippen MR) is 78.7 cm³/mol. The van der Waals surface area contributed by atoms with E-state index in [0.29, 0.717) is 18.1 Å². The lowest BCUT2D eigenvalue weighted by atomic mass is 10.2. The van der Waals surface area contributed by atoms with E-state index < -0.39 is 9.84 Å². The van der Waals surface area contributed by atoms with Crippen LogP contribution in [-0.4, -0.2) is 36.2 Å². The minimum atomic E-state index is -2.92. The van der Waals surface area contributed by atoms with Gasteiger partial charge in [0.2, 0.25) is 0 Å². The van der Waals surface area contributed by atoms with Gasteiger partial charge in [0, 0.05) is 12.1 Å². The zero-order chi connectivity index (χ0) is 14.3. The second-order valence-electron chi connectivity index (χ2n) is 5.93. The third-order valence-electron chi connectivity index (χ3n) is 4.13. The van der Waals surface area contributed by atoms with E-state index in [-0.39, 0.29) is 17.5 Å². The molecular weight excluding hydrogens is 298 g/mol. The molecule has 20 heavy (non-hydrogen) atoms. The van der Waals surface area contributed by atoms with Gasteiger partial charge in [-0.05, 0) is 38.6 Å². The van der Waals surface area contributed by atoms with Crippen molar-refractivity contribution in [3.8, 4) is 0 Å². The Labute approximate surface area is 124 Å². The largest absolute Gasteiger partial charge is 0.312 e. The first-order valence-electron chi connectivity index (χ1n) is 7.11. The Kier molecular flexibility index (Phi) is 3.81. The summed E-state index contributed by atoms with van der Waals surface area (Å²) in [6.45, 7) is 3.67. The van der Waals surface area contributed by atoms with Crippen LogP contribution in [0, 0.1) is 12.8 Å². The topological polar surface area (TPSA) is 64.0 Å². The zero-order valence-corrected chi connectivity index (χ0v) is 13.2. The van der Waals surface area contributed by atoms with Gasteiger partial charge in [0.25, 0.3) is 0 Å². The molecule has 5 nitrogen and oxygen atoms in total. The number of nitrogens with zero attached hydrogens (tertiary/aromatic N) is 2. The van der Waals surface area contributed by atoms with Gasteiger partial charge in [0.15, 0.2) is 9.84 Å². The highest BCUT2D eigenvalue weighted by Crippen LogP contribution is 2.30. The quantitative estimate of drug-likeness (QED) is 0.898. The van der Waals surface area contributed by atoms with Crippen molar-refractivity contribution in [3.63, 3.8) is 0 Å². The maximum atomic E-state index is 11.6. The van der Waals surface area contributed by atoms with Gasteiger partial charge in [-0.1, -0.05) is 11.6 Å². The summed E-state index contributed by atoms with van der Waals surface area (Å²) in [5.41, 5.74) is 1.89. The Morgan fingerprint density at radius 1 is 1.40 bits per heavy atom. The van der Waals surface area contributed by atoms with Crippen LogP contribution in [0.4, 0.5) is 0 Å². The van der Waals surface area contributed by atoms with Gasteiger partial charge in [-0.2, -0.15) is 5.10 Å². The van der Waals surface area contributed by atoms with Crippen molar-refractivity contribution in [1.82, 2.24) is 15.1 Å². The van der Waals surface area contributed by atoms with Gasteiger partial charge in [-0.15, -0.1) is 0 Å². The molecule has 1 aliphatic heterocycles. The lowest BCUT2D eigenvalue weighted by molar-refractivity contribution is 0.497. The molecule has 1 unspecified atom stereocenters. The summed E-state index contributed by atoms with van der Waals surface area (Å²) in [6, 6.07) is -0.108. The molecule has 2 aliphatic rings. The van der Waals surface area contributed by atoms with Crippen LogP contribution < -0.4 is 5.32 Å². The zero-order valence-electron chi connectivity index (χ0n) is 11.6. The molecule has 1 aromatic heterocycles. The fourth-order valence-electron chi connectivity index (χ4n) is 2.69. The molecule has 1 N–H and O–H groups in total. The summed E-state index contributed by atoms with van der Waals surface area (Å²) in [5, 5.41) is 8.45. The van der Waals surface area contributed by atoms with Crippen molar-refractivity contribution < 1.29 is 8.42 Å². The van der Waals surface area contributed by atoms with Crippen molar-refractivity contribution in [2.75, 3.05) is 18.1 Å². The van der Waals surface area contributed by atoms with E-state index in [1.54, 1.807) is 4.68 Å². The molecule has 112 valence electrons. The van der Waals surface area contributed by atoms with Gasteiger partial charge in [-0.3, -0.25) is 0 Å². The van der Waals surface area contributed by atoms with Crippen molar-refractivity contribution in [3.05, 3.63) is 16.4 Å². The number of nitrogens with one attached hydrogen (secondary N) is 1. The molecule has 2 fully saturated rings. The maximum Gasteiger partial charge on any atom is 0.152 e. The summed E-state index contributed by atoms with van der Waals surface area (Å²) in [5.74, 6) is 1.22. The summed E-state index contributed by atoms with van der Waals surface area (Å²) >= 11 is 6.40. The van der Waals surface area contributed by atoms with Crippen LogP contribution in [0.3, 0.4) is 0 Å². The lowest BCUT2D eigenvalue weighted by Gasteiger charge is -2.10. The molecule has 0 amide bonds. The first-order chi connectivity index (χ1) is 9.46. The molecule has 3 rings (SSSR count). The number of aromatic nitrogens is 2. The Hall–Kier alpha value is -0.590. The Balaban J connectivity index is 1.72. The molecule has 1 saturated carbocycles. The molecule has 2 heterocycles. The van der Waals surface area contributed by atoms with Gasteiger partial charge < -0.3 is 5.32 Å². The summed E-state index contributed by atoms with van der Waals surface area (Å²) in [6.07, 6.45) is 3.25.